The fraction of sp³-hybridized carbons (Fsp3) is 0.500. The summed E-state index contributed by atoms with van der Waals surface area (Å²) >= 11 is 0. The highest BCUT2D eigenvalue weighted by atomic mass is 35.5. The molecular formula is C10H16ClN5. The lowest BCUT2D eigenvalue weighted by Gasteiger charge is -2.01. The Hall–Kier alpha value is -1.36. The molecule has 5 nitrogen and oxygen atoms in total. The number of aromatic nitrogens is 4. The number of imidazole rings is 1. The van der Waals surface area contributed by atoms with Crippen LogP contribution in [0.3, 0.4) is 0 Å². The van der Waals surface area contributed by atoms with Gasteiger partial charge in [-0.25, -0.2) is 15.0 Å². The van der Waals surface area contributed by atoms with Gasteiger partial charge in [-0.3, -0.25) is 0 Å². The summed E-state index contributed by atoms with van der Waals surface area (Å²) in [4.78, 5) is 16.0. The molecule has 0 unspecified atom stereocenters. The average molecular weight is 242 g/mol. The number of rotatable bonds is 3. The molecule has 0 aromatic carbocycles. The van der Waals surface area contributed by atoms with Gasteiger partial charge in [-0.2, -0.15) is 0 Å². The number of nitrogens with one attached hydrogen (secondary N) is 2. The third-order valence-corrected chi connectivity index (χ3v) is 2.20. The van der Waals surface area contributed by atoms with Crippen LogP contribution in [0.15, 0.2) is 6.33 Å². The van der Waals surface area contributed by atoms with Gasteiger partial charge in [0.15, 0.2) is 11.5 Å². The molecule has 0 spiro atoms. The van der Waals surface area contributed by atoms with E-state index >= 15 is 0 Å². The Morgan fingerprint density at radius 1 is 1.38 bits per heavy atom. The summed E-state index contributed by atoms with van der Waals surface area (Å²) in [5.41, 5.74) is 1.62. The molecule has 0 atom stereocenters. The minimum atomic E-state index is 0. The van der Waals surface area contributed by atoms with Crippen LogP contribution >= 0.6 is 12.4 Å². The summed E-state index contributed by atoms with van der Waals surface area (Å²) in [6.07, 6.45) is 1.53. The Bertz CT molecular complexity index is 465. The van der Waals surface area contributed by atoms with Crippen molar-refractivity contribution in [2.75, 3.05) is 11.9 Å². The van der Waals surface area contributed by atoms with E-state index in [1.807, 2.05) is 6.92 Å². The number of halogens is 1. The largest absolute Gasteiger partial charge is 0.368 e. The van der Waals surface area contributed by atoms with E-state index in [9.17, 15) is 0 Å². The number of nitrogens with zero attached hydrogens (tertiary/aromatic N) is 3. The van der Waals surface area contributed by atoms with E-state index in [-0.39, 0.29) is 12.4 Å². The maximum Gasteiger partial charge on any atom is 0.183 e. The van der Waals surface area contributed by atoms with Crippen LogP contribution in [0.4, 0.5) is 5.82 Å². The van der Waals surface area contributed by atoms with Gasteiger partial charge in [0.05, 0.1) is 0 Å². The maximum absolute atomic E-state index is 4.41. The topological polar surface area (TPSA) is 66.5 Å². The van der Waals surface area contributed by atoms with E-state index in [1.54, 1.807) is 0 Å². The van der Waals surface area contributed by atoms with Crippen LogP contribution in [-0.4, -0.2) is 26.5 Å². The highest BCUT2D eigenvalue weighted by Crippen LogP contribution is 2.19. The predicted molar refractivity (Wildman–Crippen MR) is 67.2 cm³/mol. The molecule has 2 aromatic heterocycles. The Labute approximate surface area is 101 Å². The second-order valence-corrected chi connectivity index (χ2v) is 3.73. The number of anilines is 1. The van der Waals surface area contributed by atoms with Crippen LogP contribution in [0.1, 0.15) is 32.5 Å². The number of hydrogen-bond donors (Lipinski definition) is 2. The zero-order chi connectivity index (χ0) is 10.8. The molecule has 0 fully saturated rings. The standard InChI is InChI=1S/C10H15N5.ClH/c1-4-11-9-7-10(13-5-12-9)15-8(14-7)6(2)3;/h5-6H,4H2,1-3H3,(H2,11,12,13,14,15);1H. The van der Waals surface area contributed by atoms with Crippen LogP contribution in [0.5, 0.6) is 0 Å². The molecule has 16 heavy (non-hydrogen) atoms. The zero-order valence-corrected chi connectivity index (χ0v) is 10.4. The van der Waals surface area contributed by atoms with Crippen molar-refractivity contribution in [2.45, 2.75) is 26.7 Å². The number of hydrogen-bond acceptors (Lipinski definition) is 4. The van der Waals surface area contributed by atoms with E-state index in [1.165, 1.54) is 6.33 Å². The first-order valence-corrected chi connectivity index (χ1v) is 5.16. The molecule has 0 aliphatic rings. The van der Waals surface area contributed by atoms with E-state index in [0.29, 0.717) is 5.92 Å². The van der Waals surface area contributed by atoms with Gasteiger partial charge in [-0.05, 0) is 6.92 Å². The Morgan fingerprint density at radius 3 is 2.75 bits per heavy atom. The Kier molecular flexibility index (Phi) is 4.06. The zero-order valence-electron chi connectivity index (χ0n) is 9.61. The smallest absolute Gasteiger partial charge is 0.183 e. The monoisotopic (exact) mass is 241 g/mol. The summed E-state index contributed by atoms with van der Waals surface area (Å²) in [5, 5.41) is 3.18. The Balaban J connectivity index is 0.00000128. The lowest BCUT2D eigenvalue weighted by Crippen LogP contribution is -2.00. The first-order valence-electron chi connectivity index (χ1n) is 5.16. The minimum absolute atomic E-state index is 0. The molecule has 2 N–H and O–H groups in total. The third kappa shape index (κ3) is 2.24. The summed E-state index contributed by atoms with van der Waals surface area (Å²) < 4.78 is 0. The van der Waals surface area contributed by atoms with Crippen molar-refractivity contribution in [1.82, 2.24) is 19.9 Å². The number of fused-ring (bicyclic) bond motifs is 1. The molecule has 0 amide bonds. The molecule has 0 aliphatic carbocycles. The predicted octanol–water partition coefficient (Wildman–Crippen LogP) is 2.33. The summed E-state index contributed by atoms with van der Waals surface area (Å²) in [7, 11) is 0. The van der Waals surface area contributed by atoms with E-state index < -0.39 is 0 Å². The van der Waals surface area contributed by atoms with Crippen molar-refractivity contribution in [3.8, 4) is 0 Å². The van der Waals surface area contributed by atoms with Crippen molar-refractivity contribution >= 4 is 29.4 Å². The van der Waals surface area contributed by atoms with Crippen LogP contribution in [-0.2, 0) is 0 Å². The molecule has 0 bridgehead atoms. The lowest BCUT2D eigenvalue weighted by molar-refractivity contribution is 0.798. The van der Waals surface area contributed by atoms with E-state index in [4.69, 9.17) is 0 Å². The second-order valence-electron chi connectivity index (χ2n) is 3.73. The third-order valence-electron chi connectivity index (χ3n) is 2.20. The highest BCUT2D eigenvalue weighted by Gasteiger charge is 2.10. The molecule has 0 saturated heterocycles. The normalized spacial score (nSPS) is 10.5. The van der Waals surface area contributed by atoms with Gasteiger partial charge in [0.1, 0.15) is 17.7 Å². The molecule has 0 radical (unpaired) electrons. The average Bonchev–Trinajstić information content (AvgIpc) is 2.63. The number of aromatic amines is 1. The molecule has 2 heterocycles. The van der Waals surface area contributed by atoms with Gasteiger partial charge in [-0.15, -0.1) is 12.4 Å². The van der Waals surface area contributed by atoms with E-state index in [0.717, 1.165) is 29.4 Å². The Morgan fingerprint density at radius 2 is 2.12 bits per heavy atom. The molecule has 0 aliphatic heterocycles. The summed E-state index contributed by atoms with van der Waals surface area (Å²) in [6, 6.07) is 0. The second kappa shape index (κ2) is 5.12. The fourth-order valence-electron chi connectivity index (χ4n) is 1.42. The van der Waals surface area contributed by atoms with Gasteiger partial charge < -0.3 is 10.3 Å². The number of H-pyrrole nitrogens is 1. The van der Waals surface area contributed by atoms with Gasteiger partial charge in [0.25, 0.3) is 0 Å². The lowest BCUT2D eigenvalue weighted by atomic mass is 10.2. The van der Waals surface area contributed by atoms with Crippen LogP contribution in [0.25, 0.3) is 11.2 Å². The molecule has 2 rings (SSSR count). The van der Waals surface area contributed by atoms with Gasteiger partial charge in [0.2, 0.25) is 0 Å². The van der Waals surface area contributed by atoms with Crippen LogP contribution in [0.2, 0.25) is 0 Å². The SMILES string of the molecule is CCNc1ncnc2nc(C(C)C)[nH]c12.Cl. The highest BCUT2D eigenvalue weighted by molar-refractivity contribution is 5.85. The van der Waals surface area contributed by atoms with Crippen molar-refractivity contribution in [3.63, 3.8) is 0 Å². The van der Waals surface area contributed by atoms with Crippen molar-refractivity contribution in [2.24, 2.45) is 0 Å². The molecular weight excluding hydrogens is 226 g/mol. The fourth-order valence-corrected chi connectivity index (χ4v) is 1.42. The van der Waals surface area contributed by atoms with Crippen molar-refractivity contribution in [3.05, 3.63) is 12.2 Å². The minimum Gasteiger partial charge on any atom is -0.368 e. The van der Waals surface area contributed by atoms with Crippen LogP contribution < -0.4 is 5.32 Å². The molecule has 88 valence electrons. The van der Waals surface area contributed by atoms with Crippen LogP contribution in [0, 0.1) is 0 Å². The molecule has 2 aromatic rings. The molecule has 0 saturated carbocycles. The maximum atomic E-state index is 4.41. The van der Waals surface area contributed by atoms with Crippen molar-refractivity contribution < 1.29 is 0 Å². The molecule has 6 heteroatoms. The van der Waals surface area contributed by atoms with Gasteiger partial charge in [-0.1, -0.05) is 13.8 Å². The van der Waals surface area contributed by atoms with E-state index in [2.05, 4.69) is 39.1 Å². The first-order chi connectivity index (χ1) is 7.22. The van der Waals surface area contributed by atoms with Gasteiger partial charge in [0, 0.05) is 12.5 Å². The first kappa shape index (κ1) is 12.7. The summed E-state index contributed by atoms with van der Waals surface area (Å²) in [5.74, 6) is 2.14. The van der Waals surface area contributed by atoms with Crippen molar-refractivity contribution in [1.29, 1.82) is 0 Å². The summed E-state index contributed by atoms with van der Waals surface area (Å²) in [6.45, 7) is 7.06. The quantitative estimate of drug-likeness (QED) is 0.866. The van der Waals surface area contributed by atoms with Gasteiger partial charge >= 0.3 is 0 Å².